The molecule has 0 fully saturated rings. The Morgan fingerprint density at radius 1 is 1.00 bits per heavy atom. The van der Waals surface area contributed by atoms with Gasteiger partial charge < -0.3 is 9.47 Å². The number of hydrogen-bond donors (Lipinski definition) is 1. The maximum atomic E-state index is 5.92. The molecule has 5 nitrogen and oxygen atoms in total. The molecule has 0 atom stereocenters. The van der Waals surface area contributed by atoms with Crippen LogP contribution in [0.1, 0.15) is 45.1 Å². The highest BCUT2D eigenvalue weighted by atomic mass is 32.1. The molecule has 3 rings (SSSR count). The summed E-state index contributed by atoms with van der Waals surface area (Å²) in [5.74, 6) is 1.53. The molecule has 6 heteroatoms. The lowest BCUT2D eigenvalue weighted by Gasteiger charge is -2.12. The Bertz CT molecular complexity index is 925. The first-order valence-electron chi connectivity index (χ1n) is 10.5. The van der Waals surface area contributed by atoms with Crippen molar-refractivity contribution in [1.82, 2.24) is 4.98 Å². The largest absolute Gasteiger partial charge is 0.490 e. The summed E-state index contributed by atoms with van der Waals surface area (Å²) < 4.78 is 11.7. The lowest BCUT2D eigenvalue weighted by atomic mass is 10.2. The molecule has 0 unspecified atom stereocenters. The number of unbranched alkanes of at least 4 members (excludes halogenated alkanes) is 3. The summed E-state index contributed by atoms with van der Waals surface area (Å²) in [4.78, 5) is 4.58. The second kappa shape index (κ2) is 12.0. The fourth-order valence-electron chi connectivity index (χ4n) is 2.93. The molecule has 0 saturated heterocycles. The quantitative estimate of drug-likeness (QED) is 0.202. The Hall–Kier alpha value is -2.86. The van der Waals surface area contributed by atoms with Crippen LogP contribution in [-0.2, 0) is 0 Å². The van der Waals surface area contributed by atoms with Gasteiger partial charge in [0.1, 0.15) is 0 Å². The maximum absolute atomic E-state index is 5.92. The summed E-state index contributed by atoms with van der Waals surface area (Å²) >= 11 is 1.53. The molecule has 2 aromatic carbocycles. The lowest BCUT2D eigenvalue weighted by molar-refractivity contribution is 0.270. The highest BCUT2D eigenvalue weighted by Gasteiger charge is 2.06. The molecule has 1 aromatic heterocycles. The van der Waals surface area contributed by atoms with Crippen LogP contribution in [-0.4, -0.2) is 24.4 Å². The van der Waals surface area contributed by atoms with Crippen molar-refractivity contribution < 1.29 is 9.47 Å². The lowest BCUT2D eigenvalue weighted by Crippen LogP contribution is -2.02. The summed E-state index contributed by atoms with van der Waals surface area (Å²) in [5.41, 5.74) is 5.98. The normalized spacial score (nSPS) is 11.0. The topological polar surface area (TPSA) is 55.7 Å². The van der Waals surface area contributed by atoms with Crippen LogP contribution in [0.2, 0.25) is 0 Å². The van der Waals surface area contributed by atoms with Gasteiger partial charge in [0.05, 0.1) is 25.1 Å². The van der Waals surface area contributed by atoms with Gasteiger partial charge in [-0.25, -0.2) is 4.98 Å². The van der Waals surface area contributed by atoms with Crippen LogP contribution >= 0.6 is 11.3 Å². The van der Waals surface area contributed by atoms with Crippen LogP contribution in [0.15, 0.2) is 59.0 Å². The van der Waals surface area contributed by atoms with E-state index in [-0.39, 0.29) is 0 Å². The predicted octanol–water partition coefficient (Wildman–Crippen LogP) is 6.61. The minimum absolute atomic E-state index is 0.590. The van der Waals surface area contributed by atoms with Crippen LogP contribution in [0.4, 0.5) is 5.13 Å². The molecule has 0 amide bonds. The molecule has 1 N–H and O–H groups in total. The van der Waals surface area contributed by atoms with E-state index >= 15 is 0 Å². The second-order valence-electron chi connectivity index (χ2n) is 6.82. The molecule has 0 aliphatic heterocycles. The van der Waals surface area contributed by atoms with Crippen LogP contribution in [0.3, 0.4) is 0 Å². The zero-order valence-corrected chi connectivity index (χ0v) is 18.5. The molecule has 0 aliphatic carbocycles. The van der Waals surface area contributed by atoms with Crippen LogP contribution in [0.5, 0.6) is 11.5 Å². The fraction of sp³-hybridized carbons (Fsp3) is 0.333. The van der Waals surface area contributed by atoms with Gasteiger partial charge in [-0.3, -0.25) is 5.43 Å². The van der Waals surface area contributed by atoms with Gasteiger partial charge in [0.2, 0.25) is 5.13 Å². The summed E-state index contributed by atoms with van der Waals surface area (Å²) in [5, 5.41) is 7.10. The molecule has 1 heterocycles. The fourth-order valence-corrected chi connectivity index (χ4v) is 3.60. The van der Waals surface area contributed by atoms with Crippen molar-refractivity contribution in [2.75, 3.05) is 18.6 Å². The first kappa shape index (κ1) is 21.8. The zero-order chi connectivity index (χ0) is 21.0. The van der Waals surface area contributed by atoms with E-state index in [1.54, 1.807) is 6.21 Å². The molecule has 0 bridgehead atoms. The van der Waals surface area contributed by atoms with Crippen LogP contribution in [0.25, 0.3) is 11.3 Å². The average molecular weight is 424 g/mol. The third kappa shape index (κ3) is 6.59. The Labute approximate surface area is 182 Å². The summed E-state index contributed by atoms with van der Waals surface area (Å²) in [6.45, 7) is 5.48. The van der Waals surface area contributed by atoms with Gasteiger partial charge in [-0.05, 0) is 37.1 Å². The molecule has 158 valence electrons. The zero-order valence-electron chi connectivity index (χ0n) is 17.6. The van der Waals surface area contributed by atoms with Crippen molar-refractivity contribution in [3.05, 3.63) is 59.5 Å². The summed E-state index contributed by atoms with van der Waals surface area (Å²) in [6.07, 6.45) is 6.49. The molecule has 0 saturated carbocycles. The van der Waals surface area contributed by atoms with Crippen molar-refractivity contribution in [3.8, 4) is 22.8 Å². The van der Waals surface area contributed by atoms with Gasteiger partial charge in [-0.15, -0.1) is 11.3 Å². The number of nitrogens with one attached hydrogen (secondary N) is 1. The van der Waals surface area contributed by atoms with Crippen LogP contribution < -0.4 is 14.9 Å². The molecular weight excluding hydrogens is 394 g/mol. The number of ether oxygens (including phenoxy) is 2. The van der Waals surface area contributed by atoms with Gasteiger partial charge >= 0.3 is 0 Å². The molecular formula is C24H29N3O2S. The number of nitrogens with zero attached hydrogens (tertiary/aromatic N) is 2. The van der Waals surface area contributed by atoms with E-state index in [0.717, 1.165) is 39.9 Å². The van der Waals surface area contributed by atoms with E-state index in [1.807, 2.05) is 60.8 Å². The molecule has 30 heavy (non-hydrogen) atoms. The Morgan fingerprint density at radius 2 is 1.87 bits per heavy atom. The number of anilines is 1. The highest BCUT2D eigenvalue weighted by molar-refractivity contribution is 7.14. The van der Waals surface area contributed by atoms with Crippen molar-refractivity contribution in [2.45, 2.75) is 39.5 Å². The number of rotatable bonds is 12. The molecule has 0 spiro atoms. The van der Waals surface area contributed by atoms with E-state index in [4.69, 9.17) is 9.47 Å². The van der Waals surface area contributed by atoms with Gasteiger partial charge in [0.25, 0.3) is 0 Å². The molecule has 0 aliphatic rings. The van der Waals surface area contributed by atoms with E-state index in [9.17, 15) is 0 Å². The number of benzene rings is 2. The SMILES string of the molecule is CCCCCCOc1ccc(/C=N\Nc2nc(-c3ccccc3)cs2)cc1OCC. The van der Waals surface area contributed by atoms with E-state index in [2.05, 4.69) is 22.4 Å². The second-order valence-corrected chi connectivity index (χ2v) is 7.68. The number of aromatic nitrogens is 1. The summed E-state index contributed by atoms with van der Waals surface area (Å²) in [6, 6.07) is 16.0. The molecule has 0 radical (unpaired) electrons. The van der Waals surface area contributed by atoms with E-state index in [1.165, 1.54) is 30.6 Å². The first-order chi connectivity index (χ1) is 14.8. The number of thiazole rings is 1. The highest BCUT2D eigenvalue weighted by Crippen LogP contribution is 2.28. The van der Waals surface area contributed by atoms with Gasteiger partial charge in [0.15, 0.2) is 11.5 Å². The maximum Gasteiger partial charge on any atom is 0.203 e. The first-order valence-corrected chi connectivity index (χ1v) is 11.4. The van der Waals surface area contributed by atoms with Crippen molar-refractivity contribution in [3.63, 3.8) is 0 Å². The predicted molar refractivity (Wildman–Crippen MR) is 126 cm³/mol. The monoisotopic (exact) mass is 423 g/mol. The third-order valence-corrected chi connectivity index (χ3v) is 5.22. The standard InChI is InChI=1S/C24H29N3O2S/c1-3-5-6-10-15-29-22-14-13-19(16-23(22)28-4-2)17-25-27-24-26-21(18-30-24)20-11-8-7-9-12-20/h7-9,11-14,16-18H,3-6,10,15H2,1-2H3,(H,26,27)/b25-17-. The van der Waals surface area contributed by atoms with Gasteiger partial charge in [0, 0.05) is 10.9 Å². The van der Waals surface area contributed by atoms with Crippen molar-refractivity contribution in [1.29, 1.82) is 0 Å². The summed E-state index contributed by atoms with van der Waals surface area (Å²) in [7, 11) is 0. The third-order valence-electron chi connectivity index (χ3n) is 4.47. The number of hydrazone groups is 1. The average Bonchev–Trinajstić information content (AvgIpc) is 3.25. The van der Waals surface area contributed by atoms with E-state index in [0.29, 0.717) is 13.2 Å². The van der Waals surface area contributed by atoms with Gasteiger partial charge in [-0.1, -0.05) is 56.5 Å². The minimum atomic E-state index is 0.590. The number of hydrogen-bond acceptors (Lipinski definition) is 6. The van der Waals surface area contributed by atoms with Gasteiger partial charge in [-0.2, -0.15) is 5.10 Å². The van der Waals surface area contributed by atoms with Crippen molar-refractivity contribution in [2.24, 2.45) is 5.10 Å². The minimum Gasteiger partial charge on any atom is -0.490 e. The van der Waals surface area contributed by atoms with Crippen LogP contribution in [0, 0.1) is 0 Å². The Morgan fingerprint density at radius 3 is 2.67 bits per heavy atom. The van der Waals surface area contributed by atoms with E-state index < -0.39 is 0 Å². The Balaban J connectivity index is 1.58. The Kier molecular flexibility index (Phi) is 8.72. The van der Waals surface area contributed by atoms with Crippen molar-refractivity contribution >= 4 is 22.7 Å². The smallest absolute Gasteiger partial charge is 0.203 e. The molecule has 3 aromatic rings.